The van der Waals surface area contributed by atoms with Crippen molar-refractivity contribution in [2.45, 2.75) is 63.8 Å². The van der Waals surface area contributed by atoms with Gasteiger partial charge in [0.1, 0.15) is 0 Å². The molecule has 18 heavy (non-hydrogen) atoms. The van der Waals surface area contributed by atoms with Crippen LogP contribution in [0.5, 0.6) is 0 Å². The number of nitrogens with one attached hydrogen (secondary N) is 1. The number of rotatable bonds is 3. The van der Waals surface area contributed by atoms with Gasteiger partial charge in [0.05, 0.1) is 5.92 Å². The van der Waals surface area contributed by atoms with Crippen LogP contribution >= 0.6 is 0 Å². The number of hydrogen-bond acceptors (Lipinski definition) is 2. The van der Waals surface area contributed by atoms with Crippen LogP contribution < -0.4 is 5.32 Å². The molecule has 2 aliphatic rings. The van der Waals surface area contributed by atoms with Crippen molar-refractivity contribution in [3.05, 3.63) is 0 Å². The summed E-state index contributed by atoms with van der Waals surface area (Å²) >= 11 is 0. The maximum atomic E-state index is 12.1. The van der Waals surface area contributed by atoms with E-state index in [1.54, 1.807) is 0 Å². The van der Waals surface area contributed by atoms with Gasteiger partial charge in [-0.2, -0.15) is 0 Å². The highest BCUT2D eigenvalue weighted by Crippen LogP contribution is 2.30. The first-order chi connectivity index (χ1) is 8.66. The van der Waals surface area contributed by atoms with Crippen molar-refractivity contribution >= 4 is 11.9 Å². The molecule has 0 saturated heterocycles. The second-order valence-corrected chi connectivity index (χ2v) is 5.74. The lowest BCUT2D eigenvalue weighted by Crippen LogP contribution is -2.41. The molecule has 2 aliphatic carbocycles. The second-order valence-electron chi connectivity index (χ2n) is 5.74. The van der Waals surface area contributed by atoms with Crippen molar-refractivity contribution in [3.8, 4) is 0 Å². The molecular formula is C14H23NO3. The third kappa shape index (κ3) is 3.47. The number of carbonyl (C=O) groups is 2. The minimum Gasteiger partial charge on any atom is -0.481 e. The maximum absolute atomic E-state index is 12.1. The summed E-state index contributed by atoms with van der Waals surface area (Å²) < 4.78 is 0. The lowest BCUT2D eigenvalue weighted by Gasteiger charge is -2.29. The van der Waals surface area contributed by atoms with Gasteiger partial charge >= 0.3 is 5.97 Å². The molecule has 2 atom stereocenters. The highest BCUT2D eigenvalue weighted by Gasteiger charge is 2.31. The predicted octanol–water partition coefficient (Wildman–Crippen LogP) is 2.33. The highest BCUT2D eigenvalue weighted by molar-refractivity contribution is 5.80. The van der Waals surface area contributed by atoms with Crippen LogP contribution in [0.1, 0.15) is 57.8 Å². The number of carboxylic acids is 1. The fourth-order valence-corrected chi connectivity index (χ4v) is 3.22. The SMILES string of the molecule is O=C(O)C1CCCC(C(=O)NC2CCCCC2)C1. The molecule has 2 rings (SSSR count). The summed E-state index contributed by atoms with van der Waals surface area (Å²) in [4.78, 5) is 23.1. The van der Waals surface area contributed by atoms with Crippen LogP contribution in [0.2, 0.25) is 0 Å². The van der Waals surface area contributed by atoms with E-state index in [1.807, 2.05) is 0 Å². The fraction of sp³-hybridized carbons (Fsp3) is 0.857. The molecule has 0 aromatic heterocycles. The van der Waals surface area contributed by atoms with Gasteiger partial charge in [-0.15, -0.1) is 0 Å². The Morgan fingerprint density at radius 2 is 1.56 bits per heavy atom. The first-order valence-corrected chi connectivity index (χ1v) is 7.20. The van der Waals surface area contributed by atoms with Gasteiger partial charge in [0.2, 0.25) is 5.91 Å². The molecule has 2 fully saturated rings. The van der Waals surface area contributed by atoms with Gasteiger partial charge in [0.25, 0.3) is 0 Å². The second kappa shape index (κ2) is 6.21. The zero-order chi connectivity index (χ0) is 13.0. The van der Waals surface area contributed by atoms with Crippen LogP contribution in [0.3, 0.4) is 0 Å². The standard InChI is InChI=1S/C14H23NO3/c16-13(15-12-7-2-1-3-8-12)10-5-4-6-11(9-10)14(17)18/h10-12H,1-9H2,(H,15,16)(H,17,18). The van der Waals surface area contributed by atoms with Crippen LogP contribution in [0.15, 0.2) is 0 Å². The number of carbonyl (C=O) groups excluding carboxylic acids is 1. The van der Waals surface area contributed by atoms with E-state index in [9.17, 15) is 9.59 Å². The molecular weight excluding hydrogens is 230 g/mol. The van der Waals surface area contributed by atoms with Gasteiger partial charge in [-0.05, 0) is 32.1 Å². The number of aliphatic carboxylic acids is 1. The van der Waals surface area contributed by atoms with Gasteiger partial charge in [-0.3, -0.25) is 9.59 Å². The van der Waals surface area contributed by atoms with Crippen LogP contribution in [-0.2, 0) is 9.59 Å². The molecule has 4 heteroatoms. The topological polar surface area (TPSA) is 66.4 Å². The van der Waals surface area contributed by atoms with E-state index < -0.39 is 5.97 Å². The van der Waals surface area contributed by atoms with E-state index in [1.165, 1.54) is 19.3 Å². The van der Waals surface area contributed by atoms with Crippen LogP contribution in [0, 0.1) is 11.8 Å². The summed E-state index contributed by atoms with van der Waals surface area (Å²) in [5, 5.41) is 12.1. The fourth-order valence-electron chi connectivity index (χ4n) is 3.22. The molecule has 0 aliphatic heterocycles. The quantitative estimate of drug-likeness (QED) is 0.811. The summed E-state index contributed by atoms with van der Waals surface area (Å²) in [5.74, 6) is -1.05. The van der Waals surface area contributed by atoms with Crippen molar-refractivity contribution in [1.29, 1.82) is 0 Å². The summed E-state index contributed by atoms with van der Waals surface area (Å²) in [6.45, 7) is 0. The number of carboxylic acid groups (broad SMARTS) is 1. The average molecular weight is 253 g/mol. The van der Waals surface area contributed by atoms with Crippen molar-refractivity contribution in [2.75, 3.05) is 0 Å². The molecule has 0 heterocycles. The molecule has 2 unspecified atom stereocenters. The summed E-state index contributed by atoms with van der Waals surface area (Å²) in [7, 11) is 0. The molecule has 2 N–H and O–H groups in total. The first-order valence-electron chi connectivity index (χ1n) is 7.20. The normalized spacial score (nSPS) is 29.8. The van der Waals surface area contributed by atoms with Crippen LogP contribution in [0.25, 0.3) is 0 Å². The van der Waals surface area contributed by atoms with E-state index in [2.05, 4.69) is 5.32 Å². The Balaban J connectivity index is 1.82. The maximum Gasteiger partial charge on any atom is 0.306 e. The van der Waals surface area contributed by atoms with Gasteiger partial charge in [-0.1, -0.05) is 25.7 Å². The Hall–Kier alpha value is -1.06. The predicted molar refractivity (Wildman–Crippen MR) is 68.1 cm³/mol. The van der Waals surface area contributed by atoms with E-state index in [4.69, 9.17) is 5.11 Å². The molecule has 0 spiro atoms. The molecule has 102 valence electrons. The van der Waals surface area contributed by atoms with Gasteiger partial charge in [-0.25, -0.2) is 0 Å². The molecule has 0 radical (unpaired) electrons. The Morgan fingerprint density at radius 1 is 0.889 bits per heavy atom. The molecule has 1 amide bonds. The Labute approximate surface area is 108 Å². The Kier molecular flexibility index (Phi) is 4.61. The lowest BCUT2D eigenvalue weighted by atomic mass is 9.80. The zero-order valence-corrected chi connectivity index (χ0v) is 10.9. The molecule has 4 nitrogen and oxygen atoms in total. The minimum absolute atomic E-state index is 0.0817. The zero-order valence-electron chi connectivity index (χ0n) is 10.9. The van der Waals surface area contributed by atoms with Crippen molar-refractivity contribution in [2.24, 2.45) is 11.8 Å². The van der Waals surface area contributed by atoms with Crippen LogP contribution in [-0.4, -0.2) is 23.0 Å². The van der Waals surface area contributed by atoms with Gasteiger partial charge < -0.3 is 10.4 Å². The van der Waals surface area contributed by atoms with Crippen LogP contribution in [0.4, 0.5) is 0 Å². The third-order valence-electron chi connectivity index (χ3n) is 4.35. The smallest absolute Gasteiger partial charge is 0.306 e. The largest absolute Gasteiger partial charge is 0.481 e. The van der Waals surface area contributed by atoms with E-state index in [-0.39, 0.29) is 17.7 Å². The van der Waals surface area contributed by atoms with Crippen molar-refractivity contribution in [3.63, 3.8) is 0 Å². The summed E-state index contributed by atoms with van der Waals surface area (Å²) in [6.07, 6.45) is 8.80. The molecule has 2 saturated carbocycles. The van der Waals surface area contributed by atoms with Crippen molar-refractivity contribution in [1.82, 2.24) is 5.32 Å². The third-order valence-corrected chi connectivity index (χ3v) is 4.35. The Bertz CT molecular complexity index is 310. The monoisotopic (exact) mass is 253 g/mol. The molecule has 0 aromatic rings. The summed E-state index contributed by atoms with van der Waals surface area (Å²) in [6, 6.07) is 0.330. The van der Waals surface area contributed by atoms with E-state index in [0.717, 1.165) is 32.1 Å². The minimum atomic E-state index is -0.745. The van der Waals surface area contributed by atoms with Crippen molar-refractivity contribution < 1.29 is 14.7 Å². The molecule has 0 bridgehead atoms. The van der Waals surface area contributed by atoms with E-state index in [0.29, 0.717) is 12.5 Å². The first kappa shape index (κ1) is 13.4. The average Bonchev–Trinajstić information content (AvgIpc) is 2.40. The highest BCUT2D eigenvalue weighted by atomic mass is 16.4. The number of hydrogen-bond donors (Lipinski definition) is 2. The van der Waals surface area contributed by atoms with Gasteiger partial charge in [0, 0.05) is 12.0 Å². The molecule has 0 aromatic carbocycles. The number of amides is 1. The van der Waals surface area contributed by atoms with E-state index >= 15 is 0 Å². The lowest BCUT2D eigenvalue weighted by molar-refractivity contribution is -0.144. The van der Waals surface area contributed by atoms with Gasteiger partial charge in [0.15, 0.2) is 0 Å². The Morgan fingerprint density at radius 3 is 2.22 bits per heavy atom. The summed E-state index contributed by atoms with van der Waals surface area (Å²) in [5.41, 5.74) is 0.